The van der Waals surface area contributed by atoms with Crippen molar-refractivity contribution < 1.29 is 5.11 Å². The Labute approximate surface area is 102 Å². The maximum Gasteiger partial charge on any atom is 0.0436 e. The van der Waals surface area contributed by atoms with Crippen LogP contribution < -0.4 is 5.32 Å². The Bertz CT molecular complexity index is 155. The molecule has 0 aromatic carbocycles. The van der Waals surface area contributed by atoms with E-state index in [0.717, 1.165) is 38.3 Å². The van der Waals surface area contributed by atoms with Crippen molar-refractivity contribution in [2.75, 3.05) is 19.7 Å². The molecule has 0 aliphatic rings. The summed E-state index contributed by atoms with van der Waals surface area (Å²) in [5.41, 5.74) is 0.306. The van der Waals surface area contributed by atoms with Crippen molar-refractivity contribution in [2.45, 2.75) is 59.8 Å². The molecule has 0 spiro atoms. The summed E-state index contributed by atoms with van der Waals surface area (Å²) in [5.74, 6) is 0.769. The molecule has 1 unspecified atom stereocenters. The summed E-state index contributed by atoms with van der Waals surface area (Å²) in [6.07, 6.45) is 5.80. The minimum absolute atomic E-state index is 0.306. The Morgan fingerprint density at radius 2 is 1.81 bits per heavy atom. The van der Waals surface area contributed by atoms with Gasteiger partial charge in [-0.3, -0.25) is 0 Å². The molecule has 0 radical (unpaired) electrons. The van der Waals surface area contributed by atoms with Gasteiger partial charge in [0.2, 0.25) is 0 Å². The lowest BCUT2D eigenvalue weighted by Gasteiger charge is -2.32. The van der Waals surface area contributed by atoms with Crippen molar-refractivity contribution in [3.05, 3.63) is 0 Å². The smallest absolute Gasteiger partial charge is 0.0436 e. The highest BCUT2D eigenvalue weighted by molar-refractivity contribution is 4.79. The van der Waals surface area contributed by atoms with E-state index in [4.69, 9.17) is 5.11 Å². The van der Waals surface area contributed by atoms with Crippen LogP contribution in [0.2, 0.25) is 0 Å². The second-order valence-corrected chi connectivity index (χ2v) is 5.21. The maximum absolute atomic E-state index is 9.13. The molecule has 0 bridgehead atoms. The van der Waals surface area contributed by atoms with Gasteiger partial charge in [-0.2, -0.15) is 0 Å². The molecule has 0 fully saturated rings. The highest BCUT2D eigenvalue weighted by Gasteiger charge is 2.24. The van der Waals surface area contributed by atoms with Crippen LogP contribution in [-0.2, 0) is 0 Å². The van der Waals surface area contributed by atoms with E-state index in [-0.39, 0.29) is 0 Å². The van der Waals surface area contributed by atoms with Crippen molar-refractivity contribution in [3.63, 3.8) is 0 Å². The molecule has 98 valence electrons. The first-order valence-electron chi connectivity index (χ1n) is 6.95. The highest BCUT2D eigenvalue weighted by atomic mass is 16.3. The third-order valence-corrected chi connectivity index (χ3v) is 3.92. The van der Waals surface area contributed by atoms with Gasteiger partial charge in [0, 0.05) is 13.2 Å². The van der Waals surface area contributed by atoms with Gasteiger partial charge in [-0.25, -0.2) is 0 Å². The van der Waals surface area contributed by atoms with Crippen molar-refractivity contribution >= 4 is 0 Å². The molecule has 0 saturated carbocycles. The standard InChI is InChI=1S/C14H31NO/c1-5-8-13(4)11-15-12-14(6-2,7-3)9-10-16/h13,15-16H,5-12H2,1-4H3. The van der Waals surface area contributed by atoms with Gasteiger partial charge in [0.1, 0.15) is 0 Å². The van der Waals surface area contributed by atoms with E-state index in [9.17, 15) is 0 Å². The molecular formula is C14H31NO. The molecule has 0 rings (SSSR count). The Kier molecular flexibility index (Phi) is 8.96. The summed E-state index contributed by atoms with van der Waals surface area (Å²) < 4.78 is 0. The van der Waals surface area contributed by atoms with E-state index in [0.29, 0.717) is 12.0 Å². The number of hydrogen-bond donors (Lipinski definition) is 2. The largest absolute Gasteiger partial charge is 0.396 e. The highest BCUT2D eigenvalue weighted by Crippen LogP contribution is 2.29. The number of nitrogens with one attached hydrogen (secondary N) is 1. The minimum Gasteiger partial charge on any atom is -0.396 e. The number of hydrogen-bond acceptors (Lipinski definition) is 2. The molecule has 2 nitrogen and oxygen atoms in total. The minimum atomic E-state index is 0.306. The molecule has 0 amide bonds. The van der Waals surface area contributed by atoms with Gasteiger partial charge in [0.15, 0.2) is 0 Å². The Hall–Kier alpha value is -0.0800. The molecule has 1 atom stereocenters. The molecule has 0 aliphatic heterocycles. The quantitative estimate of drug-likeness (QED) is 0.603. The molecule has 0 aliphatic carbocycles. The molecule has 0 saturated heterocycles. The van der Waals surface area contributed by atoms with E-state index >= 15 is 0 Å². The fourth-order valence-electron chi connectivity index (χ4n) is 2.36. The second-order valence-electron chi connectivity index (χ2n) is 5.21. The normalized spacial score (nSPS) is 14.1. The molecule has 0 aromatic heterocycles. The van der Waals surface area contributed by atoms with Crippen LogP contribution in [0, 0.1) is 11.3 Å². The third kappa shape index (κ3) is 5.86. The van der Waals surface area contributed by atoms with Gasteiger partial charge in [-0.15, -0.1) is 0 Å². The van der Waals surface area contributed by atoms with Crippen molar-refractivity contribution in [3.8, 4) is 0 Å². The summed E-state index contributed by atoms with van der Waals surface area (Å²) in [6.45, 7) is 11.5. The molecule has 16 heavy (non-hydrogen) atoms. The van der Waals surface area contributed by atoms with Crippen LogP contribution in [0.1, 0.15) is 59.8 Å². The van der Waals surface area contributed by atoms with Crippen molar-refractivity contribution in [1.29, 1.82) is 0 Å². The zero-order valence-corrected chi connectivity index (χ0v) is 11.7. The number of aliphatic hydroxyl groups is 1. The van der Waals surface area contributed by atoms with Crippen molar-refractivity contribution in [2.24, 2.45) is 11.3 Å². The monoisotopic (exact) mass is 229 g/mol. The van der Waals surface area contributed by atoms with Crippen LogP contribution in [0.25, 0.3) is 0 Å². The fraction of sp³-hybridized carbons (Fsp3) is 1.00. The first kappa shape index (κ1) is 15.9. The molecule has 2 N–H and O–H groups in total. The number of aliphatic hydroxyl groups excluding tert-OH is 1. The molecule has 2 heteroatoms. The SMILES string of the molecule is CCCC(C)CNCC(CC)(CC)CCO. The van der Waals surface area contributed by atoms with E-state index < -0.39 is 0 Å². The molecule has 0 heterocycles. The van der Waals surface area contributed by atoms with Gasteiger partial charge in [0.05, 0.1) is 0 Å². The zero-order chi connectivity index (χ0) is 12.4. The zero-order valence-electron chi connectivity index (χ0n) is 11.7. The summed E-state index contributed by atoms with van der Waals surface area (Å²) in [4.78, 5) is 0. The van der Waals surface area contributed by atoms with E-state index in [2.05, 4.69) is 33.0 Å². The Balaban J connectivity index is 3.92. The van der Waals surface area contributed by atoms with Crippen LogP contribution in [-0.4, -0.2) is 24.8 Å². The second kappa shape index (κ2) is 9.00. The van der Waals surface area contributed by atoms with Gasteiger partial charge >= 0.3 is 0 Å². The van der Waals surface area contributed by atoms with Gasteiger partial charge < -0.3 is 10.4 Å². The molecule has 0 aromatic rings. The van der Waals surface area contributed by atoms with Crippen LogP contribution in [0.4, 0.5) is 0 Å². The average molecular weight is 229 g/mol. The first-order chi connectivity index (χ1) is 7.64. The van der Waals surface area contributed by atoms with E-state index in [1.165, 1.54) is 12.8 Å². The number of rotatable bonds is 10. The average Bonchev–Trinajstić information content (AvgIpc) is 2.28. The summed E-state index contributed by atoms with van der Waals surface area (Å²) >= 11 is 0. The summed E-state index contributed by atoms with van der Waals surface area (Å²) in [7, 11) is 0. The topological polar surface area (TPSA) is 32.3 Å². The lowest BCUT2D eigenvalue weighted by Crippen LogP contribution is -2.36. The fourth-order valence-corrected chi connectivity index (χ4v) is 2.36. The first-order valence-corrected chi connectivity index (χ1v) is 6.95. The lowest BCUT2D eigenvalue weighted by atomic mass is 9.79. The maximum atomic E-state index is 9.13. The molecular weight excluding hydrogens is 198 g/mol. The van der Waals surface area contributed by atoms with Gasteiger partial charge in [-0.1, -0.05) is 34.1 Å². The predicted molar refractivity (Wildman–Crippen MR) is 71.7 cm³/mol. The van der Waals surface area contributed by atoms with Crippen LogP contribution in [0.5, 0.6) is 0 Å². The van der Waals surface area contributed by atoms with Crippen LogP contribution in [0.3, 0.4) is 0 Å². The lowest BCUT2D eigenvalue weighted by molar-refractivity contribution is 0.162. The van der Waals surface area contributed by atoms with E-state index in [1.807, 2.05) is 0 Å². The Morgan fingerprint density at radius 3 is 2.25 bits per heavy atom. The van der Waals surface area contributed by atoms with Crippen LogP contribution in [0.15, 0.2) is 0 Å². The van der Waals surface area contributed by atoms with E-state index in [1.54, 1.807) is 0 Å². The van der Waals surface area contributed by atoms with Crippen molar-refractivity contribution in [1.82, 2.24) is 5.32 Å². The summed E-state index contributed by atoms with van der Waals surface area (Å²) in [5, 5.41) is 12.7. The summed E-state index contributed by atoms with van der Waals surface area (Å²) in [6, 6.07) is 0. The Morgan fingerprint density at radius 1 is 1.19 bits per heavy atom. The third-order valence-electron chi connectivity index (χ3n) is 3.92. The van der Waals surface area contributed by atoms with Gasteiger partial charge in [-0.05, 0) is 43.6 Å². The van der Waals surface area contributed by atoms with Crippen LogP contribution >= 0.6 is 0 Å². The predicted octanol–water partition coefficient (Wildman–Crippen LogP) is 3.20. The van der Waals surface area contributed by atoms with Gasteiger partial charge in [0.25, 0.3) is 0 Å².